The highest BCUT2D eigenvalue weighted by atomic mass is 16.8. The third-order valence-corrected chi connectivity index (χ3v) is 6.81. The van der Waals surface area contributed by atoms with E-state index in [9.17, 15) is 40.9 Å². The van der Waals surface area contributed by atoms with Crippen LogP contribution in [0.5, 0.6) is 0 Å². The fourth-order valence-corrected chi connectivity index (χ4v) is 4.77. The maximum atomic E-state index is 10.3. The topological polar surface area (TPSA) is 208 Å². The van der Waals surface area contributed by atoms with Crippen LogP contribution in [0, 0.1) is 11.8 Å². The minimum absolute atomic E-state index is 0.390. The van der Waals surface area contributed by atoms with Gasteiger partial charge in [-0.1, -0.05) is 6.08 Å². The molecule has 13 heteroatoms. The Morgan fingerprint density at radius 1 is 0.794 bits per heavy atom. The fourth-order valence-electron chi connectivity index (χ4n) is 4.77. The van der Waals surface area contributed by atoms with Crippen LogP contribution in [0.25, 0.3) is 0 Å². The van der Waals surface area contributed by atoms with Crippen molar-refractivity contribution >= 4 is 0 Å². The fraction of sp³-hybridized carbons (Fsp3) is 0.810. The number of aliphatic hydroxyl groups excluding tert-OH is 8. The number of aliphatic hydroxyl groups is 8. The Bertz CT molecular complexity index is 759. The van der Waals surface area contributed by atoms with Crippen LogP contribution < -0.4 is 0 Å². The molecule has 2 saturated heterocycles. The number of hydrogen-bond acceptors (Lipinski definition) is 13. The van der Waals surface area contributed by atoms with Crippen LogP contribution in [-0.2, 0) is 23.7 Å². The maximum Gasteiger partial charge on any atom is 0.209 e. The summed E-state index contributed by atoms with van der Waals surface area (Å²) in [6.07, 6.45) is -11.0. The van der Waals surface area contributed by atoms with Crippen LogP contribution >= 0.6 is 0 Å². The lowest BCUT2D eigenvalue weighted by Crippen LogP contribution is -2.60. The first kappa shape index (κ1) is 25.9. The summed E-state index contributed by atoms with van der Waals surface area (Å²) in [7, 11) is 0. The smallest absolute Gasteiger partial charge is 0.209 e. The highest BCUT2D eigenvalue weighted by Crippen LogP contribution is 2.43. The molecule has 8 N–H and O–H groups in total. The lowest BCUT2D eigenvalue weighted by atomic mass is 9.88. The second kappa shape index (κ2) is 10.4. The van der Waals surface area contributed by atoms with E-state index in [1.165, 1.54) is 13.2 Å². The summed E-state index contributed by atoms with van der Waals surface area (Å²) >= 11 is 0. The minimum atomic E-state index is -1.64. The molecule has 0 aromatic heterocycles. The van der Waals surface area contributed by atoms with E-state index in [0.717, 1.165) is 0 Å². The first-order valence-electron chi connectivity index (χ1n) is 11.1. The molecule has 1 aliphatic carbocycles. The van der Waals surface area contributed by atoms with Crippen molar-refractivity contribution in [1.29, 1.82) is 0 Å². The van der Waals surface area contributed by atoms with Gasteiger partial charge in [0.05, 0.1) is 37.6 Å². The zero-order chi connectivity index (χ0) is 24.7. The maximum absolute atomic E-state index is 10.3. The van der Waals surface area contributed by atoms with Gasteiger partial charge in [-0.2, -0.15) is 0 Å². The van der Waals surface area contributed by atoms with Gasteiger partial charge in [-0.3, -0.25) is 0 Å². The van der Waals surface area contributed by atoms with Gasteiger partial charge < -0.3 is 64.5 Å². The summed E-state index contributed by atoms with van der Waals surface area (Å²) in [5, 5.41) is 79.8. The molecule has 0 bridgehead atoms. The van der Waals surface area contributed by atoms with E-state index in [1.807, 2.05) is 0 Å². The van der Waals surface area contributed by atoms with E-state index in [-0.39, 0.29) is 0 Å². The highest BCUT2D eigenvalue weighted by molar-refractivity contribution is 5.26. The van der Waals surface area contributed by atoms with Gasteiger partial charge in [0.15, 0.2) is 12.6 Å². The molecular weight excluding hydrogens is 460 g/mol. The Hall–Kier alpha value is -1.20. The van der Waals surface area contributed by atoms with Crippen molar-refractivity contribution in [1.82, 2.24) is 0 Å². The SMILES string of the molecule is C[C@@H]1O[C@@H](O[C@@H]2C=C(CO)[C@H]3[C@H](O[C@@H]4O[C@H](CO)[C@@H](O)[C@H](O)[C@H]4O)OC=C[C@H]32)[C@H](O)[C@H](O)[C@H]1O. The van der Waals surface area contributed by atoms with Crippen molar-refractivity contribution in [3.8, 4) is 0 Å². The minimum Gasteiger partial charge on any atom is -0.472 e. The van der Waals surface area contributed by atoms with Crippen LogP contribution in [-0.4, -0.2) is 128 Å². The number of ether oxygens (including phenoxy) is 5. The molecule has 3 aliphatic heterocycles. The lowest BCUT2D eigenvalue weighted by Gasteiger charge is -2.43. The first-order chi connectivity index (χ1) is 16.2. The summed E-state index contributed by atoms with van der Waals surface area (Å²) in [5.41, 5.74) is 0.466. The molecule has 0 amide bonds. The van der Waals surface area contributed by atoms with Gasteiger partial charge >= 0.3 is 0 Å². The second-order valence-corrected chi connectivity index (χ2v) is 8.95. The molecule has 4 rings (SSSR count). The van der Waals surface area contributed by atoms with Gasteiger partial charge in [-0.25, -0.2) is 0 Å². The van der Waals surface area contributed by atoms with E-state index in [1.54, 1.807) is 12.2 Å². The normalized spacial score (nSPS) is 51.0. The van der Waals surface area contributed by atoms with Crippen molar-refractivity contribution in [2.24, 2.45) is 11.8 Å². The third kappa shape index (κ3) is 4.64. The Kier molecular flexibility index (Phi) is 7.93. The Morgan fingerprint density at radius 3 is 2.09 bits per heavy atom. The van der Waals surface area contributed by atoms with Crippen molar-refractivity contribution in [2.45, 2.75) is 80.7 Å². The predicted molar refractivity (Wildman–Crippen MR) is 108 cm³/mol. The van der Waals surface area contributed by atoms with E-state index in [4.69, 9.17) is 23.7 Å². The molecule has 0 aromatic rings. The van der Waals surface area contributed by atoms with Crippen LogP contribution in [0.15, 0.2) is 24.0 Å². The summed E-state index contributed by atoms with van der Waals surface area (Å²) in [5.74, 6) is -1.10. The van der Waals surface area contributed by atoms with Gasteiger partial charge in [0.25, 0.3) is 0 Å². The molecule has 13 nitrogen and oxygen atoms in total. The number of hydrogen-bond donors (Lipinski definition) is 8. The van der Waals surface area contributed by atoms with Gasteiger partial charge in [0.2, 0.25) is 6.29 Å². The van der Waals surface area contributed by atoms with E-state index in [2.05, 4.69) is 0 Å². The summed E-state index contributed by atoms with van der Waals surface area (Å²) in [6, 6.07) is 0. The second-order valence-electron chi connectivity index (χ2n) is 8.95. The largest absolute Gasteiger partial charge is 0.472 e. The highest BCUT2D eigenvalue weighted by Gasteiger charge is 2.51. The molecule has 4 aliphatic rings. The van der Waals surface area contributed by atoms with Crippen molar-refractivity contribution in [3.63, 3.8) is 0 Å². The van der Waals surface area contributed by atoms with Gasteiger partial charge in [-0.05, 0) is 18.6 Å². The standard InChI is InChI=1S/C21H32O13/c1-7-13(24)15(26)17(28)20(31-7)32-10-4-8(5-22)12-9(10)2-3-30-19(12)34-21-18(29)16(27)14(25)11(6-23)33-21/h2-4,7,9-29H,5-6H2,1H3/t7-,9-,10+,11+,12+,13-,14+,15+,16-,17+,18+,19-,20-,21-/m0/s1. The molecule has 0 unspecified atom stereocenters. The number of fused-ring (bicyclic) bond motifs is 1. The Labute approximate surface area is 195 Å². The molecule has 194 valence electrons. The van der Waals surface area contributed by atoms with E-state index >= 15 is 0 Å². The van der Waals surface area contributed by atoms with E-state index < -0.39 is 98.9 Å². The van der Waals surface area contributed by atoms with Crippen molar-refractivity contribution in [3.05, 3.63) is 24.0 Å². The molecule has 0 aromatic carbocycles. The number of rotatable bonds is 6. The zero-order valence-electron chi connectivity index (χ0n) is 18.3. The quantitative estimate of drug-likeness (QED) is 0.167. The van der Waals surface area contributed by atoms with Crippen LogP contribution in [0.1, 0.15) is 6.92 Å². The third-order valence-electron chi connectivity index (χ3n) is 6.81. The molecule has 14 atom stereocenters. The molecule has 0 spiro atoms. The van der Waals surface area contributed by atoms with Gasteiger partial charge in [0.1, 0.15) is 42.7 Å². The molecule has 2 fully saturated rings. The average Bonchev–Trinajstić information content (AvgIpc) is 3.19. The summed E-state index contributed by atoms with van der Waals surface area (Å²) in [6.45, 7) is 0.516. The monoisotopic (exact) mass is 492 g/mol. The van der Waals surface area contributed by atoms with Gasteiger partial charge in [0, 0.05) is 5.92 Å². The van der Waals surface area contributed by atoms with E-state index in [0.29, 0.717) is 5.57 Å². The molecule has 34 heavy (non-hydrogen) atoms. The van der Waals surface area contributed by atoms with Crippen LogP contribution in [0.2, 0.25) is 0 Å². The van der Waals surface area contributed by atoms with Crippen LogP contribution in [0.3, 0.4) is 0 Å². The van der Waals surface area contributed by atoms with Crippen LogP contribution in [0.4, 0.5) is 0 Å². The average molecular weight is 492 g/mol. The van der Waals surface area contributed by atoms with Crippen molar-refractivity contribution in [2.75, 3.05) is 13.2 Å². The Morgan fingerprint density at radius 2 is 1.44 bits per heavy atom. The molecule has 3 heterocycles. The summed E-state index contributed by atoms with van der Waals surface area (Å²) < 4.78 is 28.1. The molecule has 0 radical (unpaired) electrons. The van der Waals surface area contributed by atoms with Gasteiger partial charge in [-0.15, -0.1) is 0 Å². The predicted octanol–water partition coefficient (Wildman–Crippen LogP) is -3.95. The van der Waals surface area contributed by atoms with Crippen molar-refractivity contribution < 1.29 is 64.5 Å². The Balaban J connectivity index is 1.48. The molecule has 0 saturated carbocycles. The molecular formula is C21H32O13. The zero-order valence-corrected chi connectivity index (χ0v) is 18.3. The lowest BCUT2D eigenvalue weighted by molar-refractivity contribution is -0.341. The summed E-state index contributed by atoms with van der Waals surface area (Å²) in [4.78, 5) is 0. The first-order valence-corrected chi connectivity index (χ1v) is 11.1.